The van der Waals surface area contributed by atoms with Gasteiger partial charge in [0.1, 0.15) is 18.9 Å². The number of amides is 1. The zero-order chi connectivity index (χ0) is 29.1. The maximum absolute atomic E-state index is 13.0. The third-order valence-corrected chi connectivity index (χ3v) is 7.89. The lowest BCUT2D eigenvalue weighted by Crippen LogP contribution is -3.00. The molecule has 0 bridgehead atoms. The number of rotatable bonds is 21. The predicted molar refractivity (Wildman–Crippen MR) is 165 cm³/mol. The van der Waals surface area contributed by atoms with Crippen LogP contribution in [0.5, 0.6) is 5.75 Å². The minimum absolute atomic E-state index is 0. The van der Waals surface area contributed by atoms with Crippen molar-refractivity contribution in [1.29, 1.82) is 0 Å². The van der Waals surface area contributed by atoms with Crippen LogP contribution in [0.1, 0.15) is 113 Å². The molecule has 6 nitrogen and oxygen atoms in total. The molecule has 0 unspecified atom stereocenters. The van der Waals surface area contributed by atoms with Gasteiger partial charge in [0.15, 0.2) is 0 Å². The normalized spacial score (nSPS) is 11.0. The van der Waals surface area contributed by atoms with E-state index < -0.39 is 0 Å². The van der Waals surface area contributed by atoms with Gasteiger partial charge in [-0.3, -0.25) is 4.79 Å². The van der Waals surface area contributed by atoms with E-state index in [-0.39, 0.29) is 28.9 Å². The molecule has 0 spiro atoms. The Morgan fingerprint density at radius 3 is 1.98 bits per heavy atom. The Morgan fingerprint density at radius 1 is 0.707 bits per heavy atom. The highest BCUT2D eigenvalue weighted by atomic mass is 79.9. The zero-order valence-electron chi connectivity index (χ0n) is 25.9. The number of hydrogen-bond acceptors (Lipinski definition) is 4. The van der Waals surface area contributed by atoms with Crippen LogP contribution in [-0.4, -0.2) is 55.8 Å². The average molecular weight is 634 g/mol. The average Bonchev–Trinajstić information content (AvgIpc) is 2.98. The summed E-state index contributed by atoms with van der Waals surface area (Å²) in [6, 6.07) is 14.2. The van der Waals surface area contributed by atoms with Gasteiger partial charge in [-0.2, -0.15) is 0 Å². The number of carbonyl (C=O) groups is 2. The Kier molecular flexibility index (Phi) is 19.1. The minimum atomic E-state index is -0.331. The second-order valence-corrected chi connectivity index (χ2v) is 10.8. The SMILES string of the molecule is CCCCCCCCOc1ccccc1C(=O)Nc1ccc(C(=O)OCC[N+](CC)(CC)CCCCCC)cc1.[Br-]. The van der Waals surface area contributed by atoms with Crippen LogP contribution < -0.4 is 27.0 Å². The van der Waals surface area contributed by atoms with E-state index in [1.165, 1.54) is 51.4 Å². The van der Waals surface area contributed by atoms with Gasteiger partial charge in [0.2, 0.25) is 0 Å². The van der Waals surface area contributed by atoms with Crippen LogP contribution in [0.3, 0.4) is 0 Å². The van der Waals surface area contributed by atoms with Gasteiger partial charge < -0.3 is 36.3 Å². The number of hydrogen-bond donors (Lipinski definition) is 1. The Bertz CT molecular complexity index is 992. The number of ether oxygens (including phenoxy) is 2. The standard InChI is InChI=1S/C34H52N2O4.BrH/c1-5-9-11-13-14-18-27-39-32-20-16-15-19-31(32)33(37)35-30-23-21-29(22-24-30)34(38)40-28-26-36(7-3,8-4)25-17-12-10-6-2;/h15-16,19-24H,5-14,17-18,25-28H2,1-4H3;1H. The van der Waals surface area contributed by atoms with Crippen molar-refractivity contribution in [3.63, 3.8) is 0 Å². The van der Waals surface area contributed by atoms with E-state index in [1.807, 2.05) is 18.2 Å². The number of carbonyl (C=O) groups excluding carboxylic acids is 2. The first-order valence-corrected chi connectivity index (χ1v) is 15.6. The van der Waals surface area contributed by atoms with Gasteiger partial charge in [-0.15, -0.1) is 0 Å². The molecule has 1 amide bonds. The lowest BCUT2D eigenvalue weighted by atomic mass is 10.1. The molecule has 0 aliphatic rings. The fourth-order valence-corrected chi connectivity index (χ4v) is 4.99. The number of halogens is 1. The number of unbranched alkanes of at least 4 members (excludes halogenated alkanes) is 8. The molecule has 2 rings (SSSR count). The van der Waals surface area contributed by atoms with Crippen molar-refractivity contribution in [1.82, 2.24) is 0 Å². The van der Waals surface area contributed by atoms with Crippen molar-refractivity contribution in [3.05, 3.63) is 59.7 Å². The summed E-state index contributed by atoms with van der Waals surface area (Å²) in [5, 5.41) is 2.92. The molecule has 0 aromatic heterocycles. The summed E-state index contributed by atoms with van der Waals surface area (Å²) >= 11 is 0. The van der Waals surface area contributed by atoms with Gasteiger partial charge in [-0.05, 0) is 69.5 Å². The number of quaternary nitrogens is 1. The summed E-state index contributed by atoms with van der Waals surface area (Å²) in [5.74, 6) is 0.0245. The molecule has 1 N–H and O–H groups in total. The van der Waals surface area contributed by atoms with E-state index in [0.29, 0.717) is 35.8 Å². The second-order valence-electron chi connectivity index (χ2n) is 10.8. The number of anilines is 1. The zero-order valence-corrected chi connectivity index (χ0v) is 27.5. The van der Waals surface area contributed by atoms with Crippen LogP contribution in [0.15, 0.2) is 48.5 Å². The lowest BCUT2D eigenvalue weighted by Gasteiger charge is -2.36. The second kappa shape index (κ2) is 21.3. The third-order valence-electron chi connectivity index (χ3n) is 7.89. The molecule has 0 atom stereocenters. The monoisotopic (exact) mass is 632 g/mol. The van der Waals surface area contributed by atoms with Gasteiger partial charge in [0.05, 0.1) is 37.4 Å². The molecular weight excluding hydrogens is 580 g/mol. The topological polar surface area (TPSA) is 64.6 Å². The van der Waals surface area contributed by atoms with Crippen molar-refractivity contribution < 1.29 is 40.5 Å². The quantitative estimate of drug-likeness (QED) is 0.116. The number of para-hydroxylation sites is 1. The van der Waals surface area contributed by atoms with Crippen LogP contribution >= 0.6 is 0 Å². The van der Waals surface area contributed by atoms with Crippen LogP contribution in [0, 0.1) is 0 Å². The highest BCUT2D eigenvalue weighted by molar-refractivity contribution is 6.06. The van der Waals surface area contributed by atoms with Crippen molar-refractivity contribution in [2.45, 2.75) is 91.9 Å². The van der Waals surface area contributed by atoms with Gasteiger partial charge in [-0.25, -0.2) is 4.79 Å². The molecule has 0 aliphatic heterocycles. The number of nitrogens with one attached hydrogen (secondary N) is 1. The van der Waals surface area contributed by atoms with E-state index in [1.54, 1.807) is 30.3 Å². The fraction of sp³-hybridized carbons (Fsp3) is 0.588. The molecule has 7 heteroatoms. The summed E-state index contributed by atoms with van der Waals surface area (Å²) in [4.78, 5) is 25.7. The first kappa shape index (κ1) is 36.6. The smallest absolute Gasteiger partial charge is 0.338 e. The van der Waals surface area contributed by atoms with E-state index >= 15 is 0 Å². The summed E-state index contributed by atoms with van der Waals surface area (Å²) < 4.78 is 12.6. The van der Waals surface area contributed by atoms with Gasteiger partial charge in [-0.1, -0.05) is 70.9 Å². The van der Waals surface area contributed by atoms with Gasteiger partial charge >= 0.3 is 5.97 Å². The molecule has 0 radical (unpaired) electrons. The molecule has 0 heterocycles. The molecular formula is C34H53BrN2O4. The fourth-order valence-electron chi connectivity index (χ4n) is 4.99. The van der Waals surface area contributed by atoms with Crippen LogP contribution in [0.2, 0.25) is 0 Å². The molecule has 0 saturated carbocycles. The summed E-state index contributed by atoms with van der Waals surface area (Å²) in [6.07, 6.45) is 12.1. The van der Waals surface area contributed by atoms with Crippen molar-refractivity contribution in [3.8, 4) is 5.75 Å². The minimum Gasteiger partial charge on any atom is -1.00 e. The van der Waals surface area contributed by atoms with E-state index in [2.05, 4.69) is 33.0 Å². The largest absolute Gasteiger partial charge is 1.00 e. The summed E-state index contributed by atoms with van der Waals surface area (Å²) in [7, 11) is 0. The van der Waals surface area contributed by atoms with Crippen LogP contribution in [-0.2, 0) is 4.74 Å². The number of likely N-dealkylation sites (N-methyl/N-ethyl adjacent to an activating group) is 1. The predicted octanol–water partition coefficient (Wildman–Crippen LogP) is 5.28. The van der Waals surface area contributed by atoms with Crippen molar-refractivity contribution in [2.75, 3.05) is 44.7 Å². The van der Waals surface area contributed by atoms with E-state index in [0.717, 1.165) is 43.5 Å². The molecule has 41 heavy (non-hydrogen) atoms. The number of nitrogens with zero attached hydrogens (tertiary/aromatic N) is 1. The Hall–Kier alpha value is -2.38. The summed E-state index contributed by atoms with van der Waals surface area (Å²) in [6.45, 7) is 13.9. The number of esters is 1. The van der Waals surface area contributed by atoms with Crippen LogP contribution in [0.25, 0.3) is 0 Å². The highest BCUT2D eigenvalue weighted by Crippen LogP contribution is 2.21. The Balaban J connectivity index is 0.00000840. The molecule has 2 aromatic rings. The molecule has 0 aliphatic carbocycles. The lowest BCUT2D eigenvalue weighted by molar-refractivity contribution is -0.925. The third kappa shape index (κ3) is 13.4. The van der Waals surface area contributed by atoms with E-state index in [9.17, 15) is 9.59 Å². The van der Waals surface area contributed by atoms with Crippen molar-refractivity contribution in [2.24, 2.45) is 0 Å². The first-order chi connectivity index (χ1) is 19.5. The highest BCUT2D eigenvalue weighted by Gasteiger charge is 2.23. The number of benzene rings is 2. The Morgan fingerprint density at radius 2 is 1.32 bits per heavy atom. The van der Waals surface area contributed by atoms with Gasteiger partial charge in [0, 0.05) is 5.69 Å². The molecule has 230 valence electrons. The molecule has 0 fully saturated rings. The maximum atomic E-state index is 13.0. The van der Waals surface area contributed by atoms with E-state index in [4.69, 9.17) is 9.47 Å². The first-order valence-electron chi connectivity index (χ1n) is 15.6. The van der Waals surface area contributed by atoms with Gasteiger partial charge in [0.25, 0.3) is 5.91 Å². The maximum Gasteiger partial charge on any atom is 0.338 e. The van der Waals surface area contributed by atoms with Crippen molar-refractivity contribution >= 4 is 17.6 Å². The molecule has 0 saturated heterocycles. The Labute approximate surface area is 259 Å². The molecule has 2 aromatic carbocycles. The summed E-state index contributed by atoms with van der Waals surface area (Å²) in [5.41, 5.74) is 1.60. The van der Waals surface area contributed by atoms with Crippen LogP contribution in [0.4, 0.5) is 5.69 Å².